The van der Waals surface area contributed by atoms with Crippen LogP contribution in [0.3, 0.4) is 0 Å². The van der Waals surface area contributed by atoms with Crippen molar-refractivity contribution in [3.63, 3.8) is 0 Å². The standard InChI is InChI=1S/C15H25NO2S/c1-12-8-6-7-9-14(12)13(2)16-10-11-19(17,18)15(3,4)5/h6-9,13,16H,10-11H2,1-5H3. The average Bonchev–Trinajstić information content (AvgIpc) is 2.27. The molecule has 0 saturated heterocycles. The first kappa shape index (κ1) is 16.2. The first-order valence-electron chi connectivity index (χ1n) is 6.66. The van der Waals surface area contributed by atoms with Crippen LogP contribution in [0.15, 0.2) is 24.3 Å². The van der Waals surface area contributed by atoms with Gasteiger partial charge in [-0.1, -0.05) is 24.3 Å². The Bertz CT molecular complexity index is 515. The predicted octanol–water partition coefficient (Wildman–Crippen LogP) is 2.86. The first-order valence-corrected chi connectivity index (χ1v) is 8.31. The van der Waals surface area contributed by atoms with Crippen molar-refractivity contribution >= 4 is 9.84 Å². The van der Waals surface area contributed by atoms with Crippen LogP contribution in [-0.2, 0) is 9.84 Å². The molecule has 1 aromatic carbocycles. The van der Waals surface area contributed by atoms with Crippen LogP contribution in [0.4, 0.5) is 0 Å². The highest BCUT2D eigenvalue weighted by molar-refractivity contribution is 7.92. The highest BCUT2D eigenvalue weighted by Gasteiger charge is 2.28. The second-order valence-electron chi connectivity index (χ2n) is 5.96. The van der Waals surface area contributed by atoms with Crippen molar-refractivity contribution in [1.82, 2.24) is 5.32 Å². The van der Waals surface area contributed by atoms with Gasteiger partial charge < -0.3 is 5.32 Å². The van der Waals surface area contributed by atoms with E-state index in [0.29, 0.717) is 6.54 Å². The van der Waals surface area contributed by atoms with Gasteiger partial charge in [-0.25, -0.2) is 8.42 Å². The van der Waals surface area contributed by atoms with E-state index in [1.807, 2.05) is 12.1 Å². The van der Waals surface area contributed by atoms with Crippen molar-refractivity contribution in [3.05, 3.63) is 35.4 Å². The first-order chi connectivity index (χ1) is 8.65. The number of benzene rings is 1. The van der Waals surface area contributed by atoms with E-state index < -0.39 is 14.6 Å². The minimum atomic E-state index is -3.05. The topological polar surface area (TPSA) is 46.2 Å². The lowest BCUT2D eigenvalue weighted by Gasteiger charge is -2.21. The van der Waals surface area contributed by atoms with Gasteiger partial charge in [0.25, 0.3) is 0 Å². The Morgan fingerprint density at radius 1 is 1.21 bits per heavy atom. The van der Waals surface area contributed by atoms with E-state index in [9.17, 15) is 8.42 Å². The Hall–Kier alpha value is -0.870. The van der Waals surface area contributed by atoms with Gasteiger partial charge in [0, 0.05) is 12.6 Å². The molecule has 0 saturated carbocycles. The van der Waals surface area contributed by atoms with Gasteiger partial charge in [-0.15, -0.1) is 0 Å². The van der Waals surface area contributed by atoms with Gasteiger partial charge in [0.05, 0.1) is 10.5 Å². The molecule has 0 amide bonds. The summed E-state index contributed by atoms with van der Waals surface area (Å²) < 4.78 is 23.3. The number of aryl methyl sites for hydroxylation is 1. The molecule has 1 atom stereocenters. The van der Waals surface area contributed by atoms with Gasteiger partial charge in [0.15, 0.2) is 9.84 Å². The van der Waals surface area contributed by atoms with E-state index in [0.717, 1.165) is 0 Å². The van der Waals surface area contributed by atoms with Crippen LogP contribution in [0.2, 0.25) is 0 Å². The molecule has 0 radical (unpaired) electrons. The molecule has 4 heteroatoms. The van der Waals surface area contributed by atoms with Gasteiger partial charge in [-0.05, 0) is 45.7 Å². The number of hydrogen-bond acceptors (Lipinski definition) is 3. The average molecular weight is 283 g/mol. The van der Waals surface area contributed by atoms with Crippen LogP contribution in [0.25, 0.3) is 0 Å². The predicted molar refractivity (Wildman–Crippen MR) is 81.1 cm³/mol. The van der Waals surface area contributed by atoms with Gasteiger partial charge >= 0.3 is 0 Å². The molecule has 0 aliphatic carbocycles. The lowest BCUT2D eigenvalue weighted by atomic mass is 10.0. The lowest BCUT2D eigenvalue weighted by Crippen LogP contribution is -2.35. The van der Waals surface area contributed by atoms with Crippen LogP contribution >= 0.6 is 0 Å². The summed E-state index contributed by atoms with van der Waals surface area (Å²) in [6.07, 6.45) is 0. The van der Waals surface area contributed by atoms with Crippen LogP contribution in [0.5, 0.6) is 0 Å². The molecule has 1 rings (SSSR count). The van der Waals surface area contributed by atoms with Crippen molar-refractivity contribution in [2.24, 2.45) is 0 Å². The largest absolute Gasteiger partial charge is 0.309 e. The smallest absolute Gasteiger partial charge is 0.156 e. The zero-order valence-electron chi connectivity index (χ0n) is 12.5. The molecule has 0 aliphatic rings. The normalized spacial score (nSPS) is 14.4. The molecule has 108 valence electrons. The number of sulfone groups is 1. The Kier molecular flexibility index (Phi) is 5.16. The number of rotatable bonds is 5. The molecule has 0 fully saturated rings. The molecule has 0 bridgehead atoms. The third kappa shape index (κ3) is 4.32. The van der Waals surface area contributed by atoms with Crippen molar-refractivity contribution in [1.29, 1.82) is 0 Å². The second kappa shape index (κ2) is 6.06. The van der Waals surface area contributed by atoms with E-state index in [1.165, 1.54) is 11.1 Å². The summed E-state index contributed by atoms with van der Waals surface area (Å²) in [5.41, 5.74) is 2.44. The van der Waals surface area contributed by atoms with Gasteiger partial charge in [-0.2, -0.15) is 0 Å². The molecule has 1 aromatic rings. The zero-order valence-corrected chi connectivity index (χ0v) is 13.3. The van der Waals surface area contributed by atoms with E-state index >= 15 is 0 Å². The second-order valence-corrected chi connectivity index (χ2v) is 8.83. The minimum Gasteiger partial charge on any atom is -0.309 e. The molecular weight excluding hydrogens is 258 g/mol. The van der Waals surface area contributed by atoms with Crippen LogP contribution in [-0.4, -0.2) is 25.5 Å². The molecule has 19 heavy (non-hydrogen) atoms. The summed E-state index contributed by atoms with van der Waals surface area (Å²) >= 11 is 0. The Balaban J connectivity index is 2.58. The fraction of sp³-hybridized carbons (Fsp3) is 0.600. The Morgan fingerprint density at radius 2 is 1.79 bits per heavy atom. The van der Waals surface area contributed by atoms with Crippen molar-refractivity contribution in [3.8, 4) is 0 Å². The maximum atomic E-state index is 12.0. The fourth-order valence-electron chi connectivity index (χ4n) is 1.90. The van der Waals surface area contributed by atoms with E-state index in [2.05, 4.69) is 31.3 Å². The molecule has 1 N–H and O–H groups in total. The highest BCUT2D eigenvalue weighted by atomic mass is 32.2. The zero-order chi connectivity index (χ0) is 14.7. The molecule has 0 aliphatic heterocycles. The van der Waals surface area contributed by atoms with Crippen molar-refractivity contribution in [2.75, 3.05) is 12.3 Å². The van der Waals surface area contributed by atoms with Crippen molar-refractivity contribution < 1.29 is 8.42 Å². The van der Waals surface area contributed by atoms with Gasteiger partial charge in [0.1, 0.15) is 0 Å². The number of nitrogens with one attached hydrogen (secondary N) is 1. The Morgan fingerprint density at radius 3 is 2.32 bits per heavy atom. The summed E-state index contributed by atoms with van der Waals surface area (Å²) in [7, 11) is -3.05. The quantitative estimate of drug-likeness (QED) is 0.904. The monoisotopic (exact) mass is 283 g/mol. The minimum absolute atomic E-state index is 0.163. The molecule has 0 aromatic heterocycles. The van der Waals surface area contributed by atoms with Crippen LogP contribution in [0, 0.1) is 6.92 Å². The fourth-order valence-corrected chi connectivity index (χ4v) is 2.90. The molecule has 0 heterocycles. The summed E-state index contributed by atoms with van der Waals surface area (Å²) in [6, 6.07) is 8.32. The van der Waals surface area contributed by atoms with E-state index in [-0.39, 0.29) is 11.8 Å². The third-order valence-electron chi connectivity index (χ3n) is 3.41. The van der Waals surface area contributed by atoms with E-state index in [4.69, 9.17) is 0 Å². The summed E-state index contributed by atoms with van der Waals surface area (Å²) in [6.45, 7) is 9.84. The Labute approximate surface area is 117 Å². The SMILES string of the molecule is Cc1ccccc1C(C)NCCS(=O)(=O)C(C)(C)C. The van der Waals surface area contributed by atoms with E-state index in [1.54, 1.807) is 20.8 Å². The summed E-state index contributed by atoms with van der Waals surface area (Å²) in [5.74, 6) is 0.173. The van der Waals surface area contributed by atoms with Crippen LogP contribution < -0.4 is 5.32 Å². The maximum absolute atomic E-state index is 12.0. The molecule has 1 unspecified atom stereocenters. The molecule has 0 spiro atoms. The third-order valence-corrected chi connectivity index (χ3v) is 6.02. The van der Waals surface area contributed by atoms with Gasteiger partial charge in [0.2, 0.25) is 0 Å². The lowest BCUT2D eigenvalue weighted by molar-refractivity contribution is 0.546. The molecular formula is C15H25NO2S. The molecule has 3 nitrogen and oxygen atoms in total. The van der Waals surface area contributed by atoms with Crippen LogP contribution in [0.1, 0.15) is 44.9 Å². The summed E-state index contributed by atoms with van der Waals surface area (Å²) in [5, 5.41) is 3.29. The van der Waals surface area contributed by atoms with Crippen molar-refractivity contribution in [2.45, 2.75) is 45.4 Å². The highest BCUT2D eigenvalue weighted by Crippen LogP contribution is 2.18. The number of hydrogen-bond donors (Lipinski definition) is 1. The maximum Gasteiger partial charge on any atom is 0.156 e. The van der Waals surface area contributed by atoms with Gasteiger partial charge in [-0.3, -0.25) is 0 Å². The summed E-state index contributed by atoms with van der Waals surface area (Å²) in [4.78, 5) is 0.